The van der Waals surface area contributed by atoms with Crippen LogP contribution in [0.15, 0.2) is 42.5 Å². The highest BCUT2D eigenvalue weighted by Gasteiger charge is 2.47. The predicted molar refractivity (Wildman–Crippen MR) is 158 cm³/mol. The van der Waals surface area contributed by atoms with Crippen LogP contribution in [0.25, 0.3) is 0 Å². The van der Waals surface area contributed by atoms with Gasteiger partial charge in [0.1, 0.15) is 0 Å². The highest BCUT2D eigenvalue weighted by molar-refractivity contribution is 5.95. The molecule has 0 bridgehead atoms. The minimum atomic E-state index is -0.881. The maximum Gasteiger partial charge on any atom is 0.308 e. The van der Waals surface area contributed by atoms with Crippen molar-refractivity contribution in [1.82, 2.24) is 9.80 Å². The van der Waals surface area contributed by atoms with Crippen molar-refractivity contribution in [3.63, 3.8) is 0 Å². The van der Waals surface area contributed by atoms with Gasteiger partial charge in [0.2, 0.25) is 18.6 Å². The molecule has 2 fully saturated rings. The highest BCUT2D eigenvalue weighted by atomic mass is 16.7. The molecule has 5 rings (SSSR count). The van der Waals surface area contributed by atoms with E-state index in [1.165, 1.54) is 0 Å². The number of nitrogens with zero attached hydrogens (tertiary/aromatic N) is 3. The van der Waals surface area contributed by atoms with E-state index >= 15 is 0 Å². The smallest absolute Gasteiger partial charge is 0.308 e. The zero-order valence-corrected chi connectivity index (χ0v) is 24.4. The fourth-order valence-electron chi connectivity index (χ4n) is 6.59. The Kier molecular flexibility index (Phi) is 9.64. The molecule has 2 aromatic rings. The van der Waals surface area contributed by atoms with Crippen LogP contribution in [0.1, 0.15) is 62.5 Å². The fourth-order valence-corrected chi connectivity index (χ4v) is 6.59. The number of aliphatic carboxylic acids is 1. The van der Waals surface area contributed by atoms with Crippen molar-refractivity contribution in [2.75, 3.05) is 44.4 Å². The first-order valence-corrected chi connectivity index (χ1v) is 15.1. The monoisotopic (exact) mass is 578 g/mol. The van der Waals surface area contributed by atoms with Gasteiger partial charge < -0.3 is 30.1 Å². The third-order valence-corrected chi connectivity index (χ3v) is 8.79. The summed E-state index contributed by atoms with van der Waals surface area (Å²) >= 11 is 0. The van der Waals surface area contributed by atoms with E-state index < -0.39 is 11.9 Å². The number of rotatable bonds is 13. The molecule has 0 unspecified atom stereocenters. The number of hydrogen-bond acceptors (Lipinski definition) is 7. The van der Waals surface area contributed by atoms with Crippen molar-refractivity contribution in [2.24, 2.45) is 11.7 Å². The van der Waals surface area contributed by atoms with Crippen LogP contribution in [0.2, 0.25) is 0 Å². The number of benzene rings is 2. The van der Waals surface area contributed by atoms with E-state index in [4.69, 9.17) is 15.2 Å². The lowest BCUT2D eigenvalue weighted by Gasteiger charge is -2.30. The lowest BCUT2D eigenvalue weighted by molar-refractivity contribution is -0.143. The van der Waals surface area contributed by atoms with Gasteiger partial charge in [0, 0.05) is 56.8 Å². The molecule has 3 aliphatic heterocycles. The topological polar surface area (TPSA) is 126 Å². The van der Waals surface area contributed by atoms with Crippen LogP contribution in [0, 0.1) is 5.92 Å². The highest BCUT2D eigenvalue weighted by Crippen LogP contribution is 2.43. The van der Waals surface area contributed by atoms with Crippen molar-refractivity contribution in [1.29, 1.82) is 0 Å². The minimum absolute atomic E-state index is 0.0622. The second-order valence-electron chi connectivity index (χ2n) is 11.5. The van der Waals surface area contributed by atoms with E-state index in [0.29, 0.717) is 56.9 Å². The normalized spacial score (nSPS) is 21.7. The molecule has 10 heteroatoms. The largest absolute Gasteiger partial charge is 0.481 e. The van der Waals surface area contributed by atoms with Gasteiger partial charge in [-0.25, -0.2) is 0 Å². The van der Waals surface area contributed by atoms with Gasteiger partial charge in [0.05, 0.1) is 12.5 Å². The van der Waals surface area contributed by atoms with Gasteiger partial charge in [-0.1, -0.05) is 31.5 Å². The molecule has 0 aliphatic carbocycles. The van der Waals surface area contributed by atoms with Gasteiger partial charge in [-0.2, -0.15) is 0 Å². The Bertz CT molecular complexity index is 1290. The molecule has 2 amide bonds. The summed E-state index contributed by atoms with van der Waals surface area (Å²) in [6.07, 6.45) is 4.49. The van der Waals surface area contributed by atoms with Crippen molar-refractivity contribution in [3.8, 4) is 11.5 Å². The summed E-state index contributed by atoms with van der Waals surface area (Å²) in [5, 5.41) is 10.5. The fraction of sp³-hybridized carbons (Fsp3) is 0.531. The molecule has 3 atom stereocenters. The average Bonchev–Trinajstić information content (AvgIpc) is 3.72. The number of anilines is 1. The average molecular weight is 579 g/mol. The van der Waals surface area contributed by atoms with Gasteiger partial charge >= 0.3 is 5.97 Å². The van der Waals surface area contributed by atoms with Crippen LogP contribution in [-0.2, 0) is 20.9 Å². The molecule has 0 radical (unpaired) electrons. The maximum atomic E-state index is 14.0. The Labute approximate surface area is 247 Å². The third kappa shape index (κ3) is 6.55. The molecule has 10 nitrogen and oxygen atoms in total. The van der Waals surface area contributed by atoms with E-state index in [9.17, 15) is 19.5 Å². The summed E-state index contributed by atoms with van der Waals surface area (Å²) in [5.41, 5.74) is 8.50. The SMILES string of the molecule is CCCCN(C(=O)CN1C[C@H](c2ccc3c(c2)OCO3)[C@@H](C(=O)O)[C@@H]1CCCN1CCCC1=O)c1cccc(CN)c1. The summed E-state index contributed by atoms with van der Waals surface area (Å²) in [7, 11) is 0. The van der Waals surface area contributed by atoms with Crippen LogP contribution >= 0.6 is 0 Å². The Morgan fingerprint density at radius 2 is 1.95 bits per heavy atom. The van der Waals surface area contributed by atoms with Crippen LogP contribution < -0.4 is 20.1 Å². The number of carbonyl (C=O) groups excluding carboxylic acids is 2. The summed E-state index contributed by atoms with van der Waals surface area (Å²) < 4.78 is 11.1. The molecular formula is C32H42N4O6. The van der Waals surface area contributed by atoms with Crippen molar-refractivity contribution in [2.45, 2.75) is 64.0 Å². The number of nitrogens with two attached hydrogens (primary N) is 1. The van der Waals surface area contributed by atoms with Crippen molar-refractivity contribution < 1.29 is 29.0 Å². The molecule has 0 aromatic heterocycles. The Morgan fingerprint density at radius 3 is 2.69 bits per heavy atom. The number of unbranched alkanes of at least 4 members (excludes halogenated alkanes) is 1. The number of amides is 2. The standard InChI is InChI=1S/C32H42N4O6/c1-2-3-15-36(24-8-4-7-22(16-24)18-33)30(38)20-35-19-25(23-11-12-27-28(17-23)42-21-41-27)31(32(39)40)26(35)9-5-13-34-14-6-10-29(34)37/h4,7-8,11-12,16-17,25-26,31H,2-3,5-6,9-10,13-15,18-21,33H2,1H3,(H,39,40)/t25-,26+,31-/m1/s1. The van der Waals surface area contributed by atoms with Crippen molar-refractivity contribution in [3.05, 3.63) is 53.6 Å². The van der Waals surface area contributed by atoms with E-state index in [0.717, 1.165) is 42.6 Å². The van der Waals surface area contributed by atoms with Gasteiger partial charge in [-0.05, 0) is 61.1 Å². The molecule has 2 aromatic carbocycles. The molecule has 42 heavy (non-hydrogen) atoms. The molecule has 3 N–H and O–H groups in total. The molecular weight excluding hydrogens is 536 g/mol. The van der Waals surface area contributed by atoms with Crippen molar-refractivity contribution >= 4 is 23.5 Å². The molecule has 0 saturated carbocycles. The first kappa shape index (κ1) is 29.8. The second kappa shape index (κ2) is 13.6. The molecule has 0 spiro atoms. The lowest BCUT2D eigenvalue weighted by atomic mass is 9.83. The maximum absolute atomic E-state index is 14.0. The number of carboxylic acids is 1. The summed E-state index contributed by atoms with van der Waals surface area (Å²) in [6.45, 7) is 5.09. The quantitative estimate of drug-likeness (QED) is 0.370. The van der Waals surface area contributed by atoms with Crippen LogP contribution in [0.4, 0.5) is 5.69 Å². The number of carbonyl (C=O) groups is 3. The molecule has 3 heterocycles. The van der Waals surface area contributed by atoms with Crippen LogP contribution in [0.5, 0.6) is 11.5 Å². The Hall–Kier alpha value is -3.63. The number of likely N-dealkylation sites (tertiary alicyclic amines) is 2. The third-order valence-electron chi connectivity index (χ3n) is 8.79. The van der Waals surface area contributed by atoms with Crippen LogP contribution in [-0.4, -0.2) is 78.2 Å². The van der Waals surface area contributed by atoms with Gasteiger partial charge in [0.15, 0.2) is 11.5 Å². The lowest BCUT2D eigenvalue weighted by Crippen LogP contribution is -2.45. The summed E-state index contributed by atoms with van der Waals surface area (Å²) in [4.78, 5) is 44.7. The second-order valence-corrected chi connectivity index (χ2v) is 11.5. The van der Waals surface area contributed by atoms with E-state index in [1.54, 1.807) is 0 Å². The number of fused-ring (bicyclic) bond motifs is 1. The van der Waals surface area contributed by atoms with Gasteiger partial charge in [-0.3, -0.25) is 19.3 Å². The Morgan fingerprint density at radius 1 is 1.12 bits per heavy atom. The zero-order valence-electron chi connectivity index (χ0n) is 24.4. The van der Waals surface area contributed by atoms with E-state index in [1.807, 2.05) is 57.2 Å². The van der Waals surface area contributed by atoms with E-state index in [-0.39, 0.29) is 37.1 Å². The first-order chi connectivity index (χ1) is 20.4. The van der Waals surface area contributed by atoms with Gasteiger partial charge in [-0.15, -0.1) is 0 Å². The molecule has 3 aliphatic rings. The first-order valence-electron chi connectivity index (χ1n) is 15.1. The number of carboxylic acid groups (broad SMARTS) is 1. The predicted octanol–water partition coefficient (Wildman–Crippen LogP) is 3.58. The molecule has 2 saturated heterocycles. The number of ether oxygens (including phenoxy) is 2. The Balaban J connectivity index is 1.40. The minimum Gasteiger partial charge on any atom is -0.481 e. The summed E-state index contributed by atoms with van der Waals surface area (Å²) in [6, 6.07) is 13.0. The number of hydrogen-bond donors (Lipinski definition) is 2. The van der Waals surface area contributed by atoms with Crippen LogP contribution in [0.3, 0.4) is 0 Å². The van der Waals surface area contributed by atoms with Gasteiger partial charge in [0.25, 0.3) is 0 Å². The zero-order chi connectivity index (χ0) is 29.6. The van der Waals surface area contributed by atoms with E-state index in [2.05, 4.69) is 6.92 Å². The molecule has 226 valence electrons. The summed E-state index contributed by atoms with van der Waals surface area (Å²) in [5.74, 6) is -0.562.